The molecule has 0 aliphatic carbocycles. The first kappa shape index (κ1) is 13.9. The van der Waals surface area contributed by atoms with E-state index in [1.807, 2.05) is 32.0 Å². The van der Waals surface area contributed by atoms with Crippen LogP contribution in [0.4, 0.5) is 5.69 Å². The summed E-state index contributed by atoms with van der Waals surface area (Å²) in [6.07, 6.45) is 1.38. The maximum absolute atomic E-state index is 11.6. The molecule has 0 aliphatic rings. The van der Waals surface area contributed by atoms with Crippen molar-refractivity contribution < 1.29 is 14.3 Å². The summed E-state index contributed by atoms with van der Waals surface area (Å²) in [5, 5.41) is 0. The maximum atomic E-state index is 11.6. The molecule has 104 valence electrons. The second-order valence-electron chi connectivity index (χ2n) is 4.53. The lowest BCUT2D eigenvalue weighted by Gasteiger charge is -2.09. The van der Waals surface area contributed by atoms with E-state index in [2.05, 4.69) is 9.72 Å². The first-order chi connectivity index (χ1) is 9.49. The fourth-order valence-corrected chi connectivity index (χ4v) is 1.90. The van der Waals surface area contributed by atoms with Gasteiger partial charge in [-0.3, -0.25) is 0 Å². The predicted octanol–water partition coefficient (Wildman–Crippen LogP) is 2.86. The molecule has 0 aliphatic heterocycles. The summed E-state index contributed by atoms with van der Waals surface area (Å²) in [4.78, 5) is 15.6. The molecule has 0 bridgehead atoms. The molecule has 1 aromatic carbocycles. The number of methoxy groups -OCH3 is 1. The molecule has 0 atom stereocenters. The van der Waals surface area contributed by atoms with E-state index in [1.54, 1.807) is 0 Å². The number of anilines is 1. The number of hydrogen-bond donors (Lipinski definition) is 1. The van der Waals surface area contributed by atoms with Crippen LogP contribution in [0.2, 0.25) is 0 Å². The van der Waals surface area contributed by atoms with Crippen LogP contribution >= 0.6 is 0 Å². The number of carbonyl (C=O) groups is 1. The van der Waals surface area contributed by atoms with E-state index in [4.69, 9.17) is 10.5 Å². The molecule has 20 heavy (non-hydrogen) atoms. The van der Waals surface area contributed by atoms with Gasteiger partial charge in [0.25, 0.3) is 0 Å². The van der Waals surface area contributed by atoms with Gasteiger partial charge in [0.05, 0.1) is 24.6 Å². The summed E-state index contributed by atoms with van der Waals surface area (Å²) in [5.74, 6) is 0.440. The summed E-state index contributed by atoms with van der Waals surface area (Å²) in [6.45, 7) is 3.96. The molecule has 0 saturated heterocycles. The summed E-state index contributed by atoms with van der Waals surface area (Å²) >= 11 is 0. The van der Waals surface area contributed by atoms with Crippen LogP contribution in [0.5, 0.6) is 11.6 Å². The molecule has 0 amide bonds. The lowest BCUT2D eigenvalue weighted by atomic mass is 10.1. The number of benzene rings is 1. The third-order valence-electron chi connectivity index (χ3n) is 2.73. The van der Waals surface area contributed by atoms with Gasteiger partial charge in [-0.15, -0.1) is 0 Å². The van der Waals surface area contributed by atoms with Gasteiger partial charge in [-0.05, 0) is 37.1 Å². The zero-order chi connectivity index (χ0) is 14.7. The highest BCUT2D eigenvalue weighted by atomic mass is 16.5. The number of aryl methyl sites for hydroxylation is 2. The smallest absolute Gasteiger partial charge is 0.340 e. The maximum Gasteiger partial charge on any atom is 0.340 e. The van der Waals surface area contributed by atoms with E-state index in [9.17, 15) is 4.79 Å². The number of nitrogens with two attached hydrogens (primary N) is 1. The van der Waals surface area contributed by atoms with Crippen molar-refractivity contribution in [1.82, 2.24) is 4.98 Å². The van der Waals surface area contributed by atoms with Crippen molar-refractivity contribution in [2.75, 3.05) is 12.8 Å². The predicted molar refractivity (Wildman–Crippen MR) is 76.0 cm³/mol. The van der Waals surface area contributed by atoms with Gasteiger partial charge < -0.3 is 15.2 Å². The number of esters is 1. The van der Waals surface area contributed by atoms with Crippen molar-refractivity contribution in [2.24, 2.45) is 0 Å². The van der Waals surface area contributed by atoms with Crippen LogP contribution < -0.4 is 10.5 Å². The Labute approximate surface area is 117 Å². The van der Waals surface area contributed by atoms with Crippen LogP contribution in [0.25, 0.3) is 0 Å². The van der Waals surface area contributed by atoms with Gasteiger partial charge in [0.1, 0.15) is 5.75 Å². The topological polar surface area (TPSA) is 74.4 Å². The van der Waals surface area contributed by atoms with Crippen molar-refractivity contribution in [3.63, 3.8) is 0 Å². The Kier molecular flexibility index (Phi) is 3.89. The third-order valence-corrected chi connectivity index (χ3v) is 2.73. The molecule has 0 saturated carbocycles. The van der Waals surface area contributed by atoms with Crippen molar-refractivity contribution >= 4 is 11.7 Å². The highest BCUT2D eigenvalue weighted by Crippen LogP contribution is 2.24. The Morgan fingerprint density at radius 2 is 1.80 bits per heavy atom. The molecule has 2 rings (SSSR count). The zero-order valence-electron chi connectivity index (χ0n) is 11.6. The highest BCUT2D eigenvalue weighted by Gasteiger charge is 2.12. The van der Waals surface area contributed by atoms with Crippen LogP contribution in [0.3, 0.4) is 0 Å². The minimum Gasteiger partial charge on any atom is -0.465 e. The number of nitrogens with zero attached hydrogens (tertiary/aromatic N) is 1. The molecule has 5 nitrogen and oxygen atoms in total. The highest BCUT2D eigenvalue weighted by molar-refractivity contribution is 5.95. The lowest BCUT2D eigenvalue weighted by Crippen LogP contribution is -2.06. The number of nitrogen functional groups attached to an aromatic ring is 1. The Morgan fingerprint density at radius 1 is 1.15 bits per heavy atom. The van der Waals surface area contributed by atoms with Crippen LogP contribution in [-0.2, 0) is 4.74 Å². The quantitative estimate of drug-likeness (QED) is 0.869. The Bertz CT molecular complexity index is 633. The largest absolute Gasteiger partial charge is 0.465 e. The van der Waals surface area contributed by atoms with E-state index >= 15 is 0 Å². The lowest BCUT2D eigenvalue weighted by molar-refractivity contribution is 0.0601. The molecule has 2 aromatic rings. The molecule has 5 heteroatoms. The van der Waals surface area contributed by atoms with Gasteiger partial charge in [0, 0.05) is 6.07 Å². The van der Waals surface area contributed by atoms with Gasteiger partial charge in [0.2, 0.25) is 5.88 Å². The average Bonchev–Trinajstić information content (AvgIpc) is 2.39. The third kappa shape index (κ3) is 3.06. The Balaban J connectivity index is 2.32. The molecular weight excluding hydrogens is 256 g/mol. The first-order valence-electron chi connectivity index (χ1n) is 6.09. The average molecular weight is 272 g/mol. The van der Waals surface area contributed by atoms with E-state index in [1.165, 1.54) is 19.4 Å². The van der Waals surface area contributed by atoms with Gasteiger partial charge in [0.15, 0.2) is 0 Å². The van der Waals surface area contributed by atoms with Crippen molar-refractivity contribution in [3.05, 3.63) is 47.2 Å². The van der Waals surface area contributed by atoms with Crippen molar-refractivity contribution in [1.29, 1.82) is 0 Å². The molecular formula is C15H16N2O3. The molecule has 0 unspecified atom stereocenters. The number of ether oxygens (including phenoxy) is 2. The second-order valence-corrected chi connectivity index (χ2v) is 4.53. The van der Waals surface area contributed by atoms with Crippen LogP contribution in [0.1, 0.15) is 21.5 Å². The number of carbonyl (C=O) groups excluding carboxylic acids is 1. The minimum absolute atomic E-state index is 0.238. The van der Waals surface area contributed by atoms with Gasteiger partial charge in [-0.25, -0.2) is 9.78 Å². The standard InChI is InChI=1S/C15H16N2O3/c1-9-4-10(2)6-11(5-9)20-14-7-12(15(18)19-3)13(16)8-17-14/h4-8H,16H2,1-3H3. The van der Waals surface area contributed by atoms with Gasteiger partial charge in [-0.1, -0.05) is 6.07 Å². The van der Waals surface area contributed by atoms with Crippen molar-refractivity contribution in [2.45, 2.75) is 13.8 Å². The summed E-state index contributed by atoms with van der Waals surface area (Å²) in [6, 6.07) is 7.30. The van der Waals surface area contributed by atoms with Crippen LogP contribution in [0, 0.1) is 13.8 Å². The minimum atomic E-state index is -0.518. The van der Waals surface area contributed by atoms with E-state index < -0.39 is 5.97 Å². The van der Waals surface area contributed by atoms with Crippen LogP contribution in [-0.4, -0.2) is 18.1 Å². The summed E-state index contributed by atoms with van der Waals surface area (Å²) in [5.41, 5.74) is 8.35. The second kappa shape index (κ2) is 5.61. The molecule has 0 fully saturated rings. The van der Waals surface area contributed by atoms with Gasteiger partial charge >= 0.3 is 5.97 Å². The number of pyridine rings is 1. The monoisotopic (exact) mass is 272 g/mol. The van der Waals surface area contributed by atoms with Crippen molar-refractivity contribution in [3.8, 4) is 11.6 Å². The Hall–Kier alpha value is -2.56. The van der Waals surface area contributed by atoms with Crippen LogP contribution in [0.15, 0.2) is 30.5 Å². The molecule has 0 radical (unpaired) electrons. The van der Waals surface area contributed by atoms with Gasteiger partial charge in [-0.2, -0.15) is 0 Å². The van der Waals surface area contributed by atoms with E-state index in [0.29, 0.717) is 11.6 Å². The zero-order valence-corrected chi connectivity index (χ0v) is 11.6. The number of aromatic nitrogens is 1. The number of rotatable bonds is 3. The van der Waals surface area contributed by atoms with E-state index in [-0.39, 0.29) is 11.3 Å². The Morgan fingerprint density at radius 3 is 2.40 bits per heavy atom. The first-order valence-corrected chi connectivity index (χ1v) is 6.09. The fraction of sp³-hybridized carbons (Fsp3) is 0.200. The van der Waals surface area contributed by atoms with E-state index in [0.717, 1.165) is 11.1 Å². The molecule has 1 aromatic heterocycles. The summed E-state index contributed by atoms with van der Waals surface area (Å²) < 4.78 is 10.3. The normalized spacial score (nSPS) is 10.2. The number of hydrogen-bond acceptors (Lipinski definition) is 5. The fourth-order valence-electron chi connectivity index (χ4n) is 1.90. The molecule has 0 spiro atoms. The summed E-state index contributed by atoms with van der Waals surface area (Å²) in [7, 11) is 1.30. The SMILES string of the molecule is COC(=O)c1cc(Oc2cc(C)cc(C)c2)ncc1N. The molecule has 2 N–H and O–H groups in total. The molecule has 1 heterocycles.